The largest absolute Gasteiger partial charge is 0.313 e. The van der Waals surface area contributed by atoms with Crippen molar-refractivity contribution >= 4 is 22.0 Å². The van der Waals surface area contributed by atoms with Crippen LogP contribution in [0.1, 0.15) is 33.3 Å². The summed E-state index contributed by atoms with van der Waals surface area (Å²) in [6, 6.07) is 8.36. The predicted octanol–water partition coefficient (Wildman–Crippen LogP) is 4.73. The molecule has 100 valence electrons. The summed E-state index contributed by atoms with van der Waals surface area (Å²) in [6.07, 6.45) is 2.29. The molecule has 0 fully saturated rings. The van der Waals surface area contributed by atoms with E-state index in [-0.39, 0.29) is 0 Å². The fourth-order valence-corrected chi connectivity index (χ4v) is 2.12. The first-order valence-corrected chi connectivity index (χ1v) is 7.45. The quantitative estimate of drug-likeness (QED) is 0.800. The van der Waals surface area contributed by atoms with Crippen molar-refractivity contribution in [3.8, 4) is 0 Å². The SMILES string of the molecule is CC(C)CNCC(=Cc1ccccc1Br)C(C)C. The zero-order valence-electron chi connectivity index (χ0n) is 11.8. The van der Waals surface area contributed by atoms with Crippen LogP contribution in [-0.4, -0.2) is 13.1 Å². The van der Waals surface area contributed by atoms with Crippen LogP contribution in [-0.2, 0) is 0 Å². The van der Waals surface area contributed by atoms with E-state index in [9.17, 15) is 0 Å². The highest BCUT2D eigenvalue weighted by atomic mass is 79.9. The van der Waals surface area contributed by atoms with Crippen molar-refractivity contribution in [2.45, 2.75) is 27.7 Å². The second-order valence-corrected chi connectivity index (χ2v) is 6.27. The van der Waals surface area contributed by atoms with E-state index >= 15 is 0 Å². The topological polar surface area (TPSA) is 12.0 Å². The van der Waals surface area contributed by atoms with Crippen LogP contribution in [0.5, 0.6) is 0 Å². The number of halogens is 1. The van der Waals surface area contributed by atoms with Crippen LogP contribution < -0.4 is 5.32 Å². The van der Waals surface area contributed by atoms with E-state index in [2.05, 4.69) is 73.2 Å². The Labute approximate surface area is 120 Å². The molecule has 0 unspecified atom stereocenters. The van der Waals surface area contributed by atoms with Gasteiger partial charge < -0.3 is 5.32 Å². The molecule has 1 nitrogen and oxygen atoms in total. The van der Waals surface area contributed by atoms with Crippen molar-refractivity contribution in [2.75, 3.05) is 13.1 Å². The molecule has 0 saturated heterocycles. The van der Waals surface area contributed by atoms with Crippen LogP contribution in [0.25, 0.3) is 6.08 Å². The number of hydrogen-bond donors (Lipinski definition) is 1. The van der Waals surface area contributed by atoms with Gasteiger partial charge in [0.1, 0.15) is 0 Å². The van der Waals surface area contributed by atoms with E-state index in [4.69, 9.17) is 0 Å². The molecule has 0 spiro atoms. The van der Waals surface area contributed by atoms with E-state index < -0.39 is 0 Å². The summed E-state index contributed by atoms with van der Waals surface area (Å²) < 4.78 is 1.16. The molecule has 0 radical (unpaired) electrons. The first kappa shape index (κ1) is 15.5. The van der Waals surface area contributed by atoms with Crippen LogP contribution >= 0.6 is 15.9 Å². The zero-order valence-corrected chi connectivity index (χ0v) is 13.4. The third-order valence-corrected chi connectivity index (χ3v) is 3.59. The minimum absolute atomic E-state index is 0.566. The Morgan fingerprint density at radius 1 is 1.22 bits per heavy atom. The van der Waals surface area contributed by atoms with E-state index in [1.54, 1.807) is 0 Å². The summed E-state index contributed by atoms with van der Waals surface area (Å²) >= 11 is 3.60. The molecule has 1 aromatic carbocycles. The summed E-state index contributed by atoms with van der Waals surface area (Å²) in [5, 5.41) is 3.52. The van der Waals surface area contributed by atoms with Gasteiger partial charge in [-0.25, -0.2) is 0 Å². The first-order valence-electron chi connectivity index (χ1n) is 6.66. The van der Waals surface area contributed by atoms with Crippen LogP contribution in [0.2, 0.25) is 0 Å². The number of rotatable bonds is 6. The van der Waals surface area contributed by atoms with Gasteiger partial charge in [-0.3, -0.25) is 0 Å². The van der Waals surface area contributed by atoms with Gasteiger partial charge >= 0.3 is 0 Å². The molecule has 0 atom stereocenters. The van der Waals surface area contributed by atoms with Crippen LogP contribution in [0.4, 0.5) is 0 Å². The lowest BCUT2D eigenvalue weighted by atomic mass is 10.00. The highest BCUT2D eigenvalue weighted by Gasteiger charge is 2.05. The molecule has 1 rings (SSSR count). The smallest absolute Gasteiger partial charge is 0.0247 e. The fraction of sp³-hybridized carbons (Fsp3) is 0.500. The van der Waals surface area contributed by atoms with Gasteiger partial charge in [0.05, 0.1) is 0 Å². The van der Waals surface area contributed by atoms with Crippen LogP contribution in [0, 0.1) is 11.8 Å². The Hall–Kier alpha value is -0.600. The molecular formula is C16H24BrN. The number of benzene rings is 1. The summed E-state index contributed by atoms with van der Waals surface area (Å²) in [4.78, 5) is 0. The molecule has 0 saturated carbocycles. The minimum atomic E-state index is 0.566. The molecule has 0 aliphatic carbocycles. The molecule has 1 aromatic rings. The summed E-state index contributed by atoms with van der Waals surface area (Å²) in [5.74, 6) is 1.26. The Morgan fingerprint density at radius 3 is 2.44 bits per heavy atom. The predicted molar refractivity (Wildman–Crippen MR) is 84.7 cm³/mol. The van der Waals surface area contributed by atoms with Crippen LogP contribution in [0.15, 0.2) is 34.3 Å². The number of nitrogens with one attached hydrogen (secondary N) is 1. The van der Waals surface area contributed by atoms with Crippen LogP contribution in [0.3, 0.4) is 0 Å². The van der Waals surface area contributed by atoms with Gasteiger partial charge in [-0.15, -0.1) is 0 Å². The van der Waals surface area contributed by atoms with Crippen molar-refractivity contribution in [3.63, 3.8) is 0 Å². The molecule has 0 amide bonds. The fourth-order valence-electron chi connectivity index (χ4n) is 1.72. The van der Waals surface area contributed by atoms with Crippen molar-refractivity contribution in [3.05, 3.63) is 39.9 Å². The van der Waals surface area contributed by atoms with Gasteiger partial charge in [-0.2, -0.15) is 0 Å². The third-order valence-electron chi connectivity index (χ3n) is 2.87. The lowest BCUT2D eigenvalue weighted by molar-refractivity contribution is 0.558. The molecule has 2 heteroatoms. The molecule has 0 aliphatic rings. The second-order valence-electron chi connectivity index (χ2n) is 5.42. The maximum Gasteiger partial charge on any atom is 0.0247 e. The molecule has 0 aromatic heterocycles. The standard InChI is InChI=1S/C16H24BrN/c1-12(2)10-18-11-15(13(3)4)9-14-7-5-6-8-16(14)17/h5-9,12-13,18H,10-11H2,1-4H3. The van der Waals surface area contributed by atoms with Crippen molar-refractivity contribution in [1.29, 1.82) is 0 Å². The van der Waals surface area contributed by atoms with E-state index in [1.807, 2.05) is 6.07 Å². The van der Waals surface area contributed by atoms with Crippen molar-refractivity contribution < 1.29 is 0 Å². The van der Waals surface area contributed by atoms with E-state index in [0.717, 1.165) is 17.6 Å². The monoisotopic (exact) mass is 309 g/mol. The van der Waals surface area contributed by atoms with Crippen molar-refractivity contribution in [1.82, 2.24) is 5.32 Å². The lowest BCUT2D eigenvalue weighted by Gasteiger charge is -2.14. The average Bonchev–Trinajstić information content (AvgIpc) is 2.29. The summed E-state index contributed by atoms with van der Waals surface area (Å²) in [7, 11) is 0. The summed E-state index contributed by atoms with van der Waals surface area (Å²) in [5.41, 5.74) is 2.70. The molecule has 0 bridgehead atoms. The number of hydrogen-bond acceptors (Lipinski definition) is 1. The van der Waals surface area contributed by atoms with Gasteiger partial charge in [-0.05, 0) is 30.0 Å². The Bertz CT molecular complexity index is 394. The van der Waals surface area contributed by atoms with E-state index in [1.165, 1.54) is 11.1 Å². The second kappa shape index (κ2) is 7.75. The van der Waals surface area contributed by atoms with Gasteiger partial charge in [0.15, 0.2) is 0 Å². The lowest BCUT2D eigenvalue weighted by Crippen LogP contribution is -2.23. The van der Waals surface area contributed by atoms with Gasteiger partial charge in [0.25, 0.3) is 0 Å². The molecule has 18 heavy (non-hydrogen) atoms. The Kier molecular flexibility index (Phi) is 6.66. The molecule has 0 heterocycles. The van der Waals surface area contributed by atoms with Gasteiger partial charge in [0, 0.05) is 11.0 Å². The molecule has 0 aliphatic heterocycles. The van der Waals surface area contributed by atoms with Crippen molar-refractivity contribution in [2.24, 2.45) is 11.8 Å². The molecular weight excluding hydrogens is 286 g/mol. The zero-order chi connectivity index (χ0) is 13.5. The minimum Gasteiger partial charge on any atom is -0.313 e. The highest BCUT2D eigenvalue weighted by Crippen LogP contribution is 2.21. The molecule has 1 N–H and O–H groups in total. The average molecular weight is 310 g/mol. The summed E-state index contributed by atoms with van der Waals surface area (Å²) in [6.45, 7) is 11.0. The Morgan fingerprint density at radius 2 is 1.89 bits per heavy atom. The maximum atomic E-state index is 3.60. The third kappa shape index (κ3) is 5.36. The Balaban J connectivity index is 2.75. The van der Waals surface area contributed by atoms with Gasteiger partial charge in [-0.1, -0.05) is 73.5 Å². The van der Waals surface area contributed by atoms with Gasteiger partial charge in [0.2, 0.25) is 0 Å². The highest BCUT2D eigenvalue weighted by molar-refractivity contribution is 9.10. The first-order chi connectivity index (χ1) is 8.50. The normalized spacial score (nSPS) is 12.5. The van der Waals surface area contributed by atoms with E-state index in [0.29, 0.717) is 11.8 Å². The maximum absolute atomic E-state index is 3.60.